The lowest BCUT2D eigenvalue weighted by molar-refractivity contribution is 0.415. The van der Waals surface area contributed by atoms with Gasteiger partial charge in [0.05, 0.1) is 19.1 Å². The fourth-order valence-electron chi connectivity index (χ4n) is 1.64. The average molecular weight is 309 g/mol. The van der Waals surface area contributed by atoms with E-state index in [-0.39, 0.29) is 5.56 Å². The molecule has 0 atom stereocenters. The molecule has 0 saturated carbocycles. The third-order valence-electron chi connectivity index (χ3n) is 2.69. The van der Waals surface area contributed by atoms with Crippen molar-refractivity contribution < 1.29 is 4.74 Å². The van der Waals surface area contributed by atoms with Crippen molar-refractivity contribution in [1.29, 1.82) is 0 Å². The third kappa shape index (κ3) is 2.31. The van der Waals surface area contributed by atoms with Gasteiger partial charge in [-0.15, -0.1) is 0 Å². The van der Waals surface area contributed by atoms with Crippen molar-refractivity contribution >= 4 is 15.9 Å². The number of aromatic nitrogens is 2. The number of aryl methyl sites for hydroxylation is 1. The summed E-state index contributed by atoms with van der Waals surface area (Å²) in [5, 5.41) is 0. The highest BCUT2D eigenvalue weighted by Crippen LogP contribution is 2.24. The van der Waals surface area contributed by atoms with Crippen molar-refractivity contribution in [3.8, 4) is 17.0 Å². The molecule has 1 aromatic heterocycles. The Labute approximate surface area is 113 Å². The van der Waals surface area contributed by atoms with E-state index in [2.05, 4.69) is 20.9 Å². The second-order valence-corrected chi connectivity index (χ2v) is 4.52. The van der Waals surface area contributed by atoms with Gasteiger partial charge in [-0.25, -0.2) is 4.98 Å². The van der Waals surface area contributed by atoms with Crippen molar-refractivity contribution in [2.45, 2.75) is 13.5 Å². The summed E-state index contributed by atoms with van der Waals surface area (Å²) in [5.41, 5.74) is 1.45. The first kappa shape index (κ1) is 12.8. The van der Waals surface area contributed by atoms with E-state index in [1.165, 1.54) is 0 Å². The van der Waals surface area contributed by atoms with Crippen LogP contribution in [0.4, 0.5) is 0 Å². The molecule has 0 N–H and O–H groups in total. The van der Waals surface area contributed by atoms with E-state index in [9.17, 15) is 4.79 Å². The first-order valence-electron chi connectivity index (χ1n) is 5.56. The molecule has 5 heteroatoms. The molecule has 1 heterocycles. The Morgan fingerprint density at radius 2 is 2.00 bits per heavy atom. The molecule has 0 bridgehead atoms. The SMILES string of the molecule is CCn1cnc(-c2ccc(OC)cc2)c(Br)c1=O. The molecular weight excluding hydrogens is 296 g/mol. The highest BCUT2D eigenvalue weighted by atomic mass is 79.9. The lowest BCUT2D eigenvalue weighted by Crippen LogP contribution is -2.20. The number of rotatable bonds is 3. The maximum atomic E-state index is 12.0. The molecule has 0 spiro atoms. The fraction of sp³-hybridized carbons (Fsp3) is 0.231. The maximum Gasteiger partial charge on any atom is 0.268 e. The highest BCUT2D eigenvalue weighted by Gasteiger charge is 2.10. The molecule has 2 aromatic rings. The first-order chi connectivity index (χ1) is 8.67. The van der Waals surface area contributed by atoms with Crippen molar-refractivity contribution in [3.63, 3.8) is 0 Å². The lowest BCUT2D eigenvalue weighted by Gasteiger charge is -2.07. The van der Waals surface area contributed by atoms with Gasteiger partial charge in [0, 0.05) is 12.1 Å². The van der Waals surface area contributed by atoms with Crippen molar-refractivity contribution in [3.05, 3.63) is 45.4 Å². The lowest BCUT2D eigenvalue weighted by atomic mass is 10.1. The summed E-state index contributed by atoms with van der Waals surface area (Å²) in [5.74, 6) is 0.775. The van der Waals surface area contributed by atoms with Crippen molar-refractivity contribution in [1.82, 2.24) is 9.55 Å². The van der Waals surface area contributed by atoms with Gasteiger partial charge in [-0.2, -0.15) is 0 Å². The number of hydrogen-bond donors (Lipinski definition) is 0. The van der Waals surface area contributed by atoms with Crippen LogP contribution in [0.2, 0.25) is 0 Å². The molecule has 1 aromatic carbocycles. The van der Waals surface area contributed by atoms with Crippen LogP contribution >= 0.6 is 15.9 Å². The minimum absolute atomic E-state index is 0.0710. The molecule has 0 aliphatic rings. The van der Waals surface area contributed by atoms with Crippen LogP contribution in [0.3, 0.4) is 0 Å². The van der Waals surface area contributed by atoms with Crippen LogP contribution in [0, 0.1) is 0 Å². The quantitative estimate of drug-likeness (QED) is 0.875. The molecule has 0 radical (unpaired) electrons. The Bertz CT molecular complexity index is 605. The predicted molar refractivity (Wildman–Crippen MR) is 73.9 cm³/mol. The maximum absolute atomic E-state index is 12.0. The Hall–Kier alpha value is -1.62. The molecule has 0 saturated heterocycles. The van der Waals surface area contributed by atoms with E-state index in [0.717, 1.165) is 11.3 Å². The van der Waals surface area contributed by atoms with E-state index in [0.29, 0.717) is 16.7 Å². The van der Waals surface area contributed by atoms with Crippen LogP contribution in [-0.2, 0) is 6.54 Å². The molecule has 0 unspecified atom stereocenters. The van der Waals surface area contributed by atoms with Gasteiger partial charge >= 0.3 is 0 Å². The molecule has 2 rings (SSSR count). The summed E-state index contributed by atoms with van der Waals surface area (Å²) in [7, 11) is 1.62. The summed E-state index contributed by atoms with van der Waals surface area (Å²) in [6.45, 7) is 2.51. The Kier molecular flexibility index (Phi) is 3.81. The van der Waals surface area contributed by atoms with Gasteiger partial charge in [-0.1, -0.05) is 0 Å². The number of ether oxygens (including phenoxy) is 1. The standard InChI is InChI=1S/C13H13BrN2O2/c1-3-16-8-15-12(11(14)13(16)17)9-4-6-10(18-2)7-5-9/h4-8H,3H2,1-2H3. The minimum Gasteiger partial charge on any atom is -0.497 e. The van der Waals surface area contributed by atoms with E-state index >= 15 is 0 Å². The molecule has 0 aliphatic heterocycles. The largest absolute Gasteiger partial charge is 0.497 e. The van der Waals surface area contributed by atoms with Crippen LogP contribution in [0.15, 0.2) is 39.9 Å². The molecule has 4 nitrogen and oxygen atoms in total. The predicted octanol–water partition coefficient (Wildman–Crippen LogP) is 2.70. The number of nitrogens with zero attached hydrogens (tertiary/aromatic N) is 2. The number of methoxy groups -OCH3 is 1. The highest BCUT2D eigenvalue weighted by molar-refractivity contribution is 9.10. The second-order valence-electron chi connectivity index (χ2n) is 3.73. The van der Waals surface area contributed by atoms with Crippen molar-refractivity contribution in [2.24, 2.45) is 0 Å². The summed E-state index contributed by atoms with van der Waals surface area (Å²) in [6, 6.07) is 7.44. The summed E-state index contributed by atoms with van der Waals surface area (Å²) in [6.07, 6.45) is 1.56. The number of halogens is 1. The molecule has 0 amide bonds. The van der Waals surface area contributed by atoms with Crippen LogP contribution < -0.4 is 10.3 Å². The fourth-order valence-corrected chi connectivity index (χ4v) is 2.20. The Morgan fingerprint density at radius 1 is 1.33 bits per heavy atom. The molecule has 0 aliphatic carbocycles. The Morgan fingerprint density at radius 3 is 2.56 bits per heavy atom. The zero-order valence-corrected chi connectivity index (χ0v) is 11.8. The van der Waals surface area contributed by atoms with E-state index in [4.69, 9.17) is 4.74 Å². The summed E-state index contributed by atoms with van der Waals surface area (Å²) >= 11 is 3.32. The van der Waals surface area contributed by atoms with Crippen LogP contribution in [0.25, 0.3) is 11.3 Å². The zero-order chi connectivity index (χ0) is 13.1. The Balaban J connectivity index is 2.50. The van der Waals surface area contributed by atoms with E-state index < -0.39 is 0 Å². The molecule has 94 valence electrons. The normalized spacial score (nSPS) is 10.4. The topological polar surface area (TPSA) is 44.1 Å². The van der Waals surface area contributed by atoms with Crippen LogP contribution in [0.1, 0.15) is 6.92 Å². The smallest absolute Gasteiger partial charge is 0.268 e. The van der Waals surface area contributed by atoms with Gasteiger partial charge in [0.25, 0.3) is 5.56 Å². The van der Waals surface area contributed by atoms with Crippen LogP contribution in [-0.4, -0.2) is 16.7 Å². The minimum atomic E-state index is -0.0710. The van der Waals surface area contributed by atoms with Gasteiger partial charge < -0.3 is 4.74 Å². The number of benzene rings is 1. The molecular formula is C13H13BrN2O2. The van der Waals surface area contributed by atoms with Gasteiger partial charge in [0.2, 0.25) is 0 Å². The summed E-state index contributed by atoms with van der Waals surface area (Å²) in [4.78, 5) is 16.3. The van der Waals surface area contributed by atoms with Crippen LogP contribution in [0.5, 0.6) is 5.75 Å². The van der Waals surface area contributed by atoms with Gasteiger partial charge in [-0.3, -0.25) is 9.36 Å². The average Bonchev–Trinajstić information content (AvgIpc) is 2.42. The summed E-state index contributed by atoms with van der Waals surface area (Å²) < 4.78 is 7.13. The van der Waals surface area contributed by atoms with Crippen molar-refractivity contribution in [2.75, 3.05) is 7.11 Å². The molecule has 0 fully saturated rings. The second kappa shape index (κ2) is 5.35. The molecule has 18 heavy (non-hydrogen) atoms. The van der Waals surface area contributed by atoms with Gasteiger partial charge in [0.1, 0.15) is 10.2 Å². The van der Waals surface area contributed by atoms with E-state index in [1.54, 1.807) is 18.0 Å². The van der Waals surface area contributed by atoms with Gasteiger partial charge in [0.15, 0.2) is 0 Å². The van der Waals surface area contributed by atoms with Gasteiger partial charge in [-0.05, 0) is 47.1 Å². The monoisotopic (exact) mass is 308 g/mol. The zero-order valence-electron chi connectivity index (χ0n) is 10.2. The first-order valence-corrected chi connectivity index (χ1v) is 6.36. The number of hydrogen-bond acceptors (Lipinski definition) is 3. The van der Waals surface area contributed by atoms with E-state index in [1.807, 2.05) is 31.2 Å². The third-order valence-corrected chi connectivity index (χ3v) is 3.40.